The summed E-state index contributed by atoms with van der Waals surface area (Å²) in [7, 11) is 0. The number of ether oxygens (including phenoxy) is 2. The summed E-state index contributed by atoms with van der Waals surface area (Å²) in [6.45, 7) is 6.39. The molecular formula is C20H24N4O3. The van der Waals surface area contributed by atoms with Gasteiger partial charge >= 0.3 is 0 Å². The molecule has 7 nitrogen and oxygen atoms in total. The fourth-order valence-electron chi connectivity index (χ4n) is 3.49. The van der Waals surface area contributed by atoms with E-state index in [9.17, 15) is 4.79 Å². The van der Waals surface area contributed by atoms with Gasteiger partial charge in [0.05, 0.1) is 11.7 Å². The van der Waals surface area contributed by atoms with Gasteiger partial charge in [0.25, 0.3) is 0 Å². The van der Waals surface area contributed by atoms with Crippen molar-refractivity contribution in [2.75, 3.05) is 49.6 Å². The molecule has 7 heteroatoms. The first-order valence-corrected chi connectivity index (χ1v) is 9.32. The number of benzene rings is 1. The Morgan fingerprint density at radius 3 is 2.67 bits per heavy atom. The third-order valence-corrected chi connectivity index (χ3v) is 5.04. The van der Waals surface area contributed by atoms with Crippen molar-refractivity contribution in [3.05, 3.63) is 42.6 Å². The summed E-state index contributed by atoms with van der Waals surface area (Å²) in [6.07, 6.45) is 1.67. The van der Waals surface area contributed by atoms with Gasteiger partial charge < -0.3 is 19.7 Å². The van der Waals surface area contributed by atoms with Crippen LogP contribution in [0.15, 0.2) is 42.6 Å². The maximum atomic E-state index is 12.5. The lowest BCUT2D eigenvalue weighted by atomic mass is 10.1. The monoisotopic (exact) mass is 368 g/mol. The molecule has 1 unspecified atom stereocenters. The molecule has 2 aliphatic heterocycles. The Hall–Kier alpha value is -2.80. The van der Waals surface area contributed by atoms with Crippen LogP contribution in [0.3, 0.4) is 0 Å². The Labute approximate surface area is 158 Å². The Morgan fingerprint density at radius 2 is 1.89 bits per heavy atom. The van der Waals surface area contributed by atoms with Crippen molar-refractivity contribution in [1.29, 1.82) is 0 Å². The fraction of sp³-hybridized carbons (Fsp3) is 0.400. The highest BCUT2D eigenvalue weighted by Gasteiger charge is 2.28. The molecule has 1 amide bonds. The van der Waals surface area contributed by atoms with Crippen LogP contribution in [0.4, 0.5) is 11.5 Å². The van der Waals surface area contributed by atoms with E-state index in [4.69, 9.17) is 9.47 Å². The van der Waals surface area contributed by atoms with Crippen molar-refractivity contribution >= 4 is 17.4 Å². The van der Waals surface area contributed by atoms with Crippen LogP contribution in [0.5, 0.6) is 11.5 Å². The summed E-state index contributed by atoms with van der Waals surface area (Å²) >= 11 is 0. The third kappa shape index (κ3) is 3.83. The van der Waals surface area contributed by atoms with E-state index in [0.29, 0.717) is 19.0 Å². The number of para-hydroxylation sites is 1. The summed E-state index contributed by atoms with van der Waals surface area (Å²) in [5.41, 5.74) is 1.07. The molecule has 3 heterocycles. The second-order valence-electron chi connectivity index (χ2n) is 6.70. The van der Waals surface area contributed by atoms with Gasteiger partial charge in [0.15, 0.2) is 11.5 Å². The van der Waals surface area contributed by atoms with Crippen LogP contribution in [-0.4, -0.2) is 61.2 Å². The lowest BCUT2D eigenvalue weighted by molar-refractivity contribution is -0.120. The maximum Gasteiger partial charge on any atom is 0.242 e. The number of carbonyl (C=O) groups excluding carboxylic acids is 1. The SMILES string of the molecule is CC(C(=O)Nc1ccccn1)N1CCN(c2cccc3c2OCCO3)CC1. The van der Waals surface area contributed by atoms with E-state index in [1.807, 2.05) is 31.2 Å². The summed E-state index contributed by atoms with van der Waals surface area (Å²) in [5.74, 6) is 2.19. The van der Waals surface area contributed by atoms with Crippen molar-refractivity contribution in [2.45, 2.75) is 13.0 Å². The second-order valence-corrected chi connectivity index (χ2v) is 6.70. The predicted molar refractivity (Wildman–Crippen MR) is 104 cm³/mol. The standard InChI is InChI=1S/C20H24N4O3/c1-15(20(25)22-18-7-2-3-8-21-18)23-9-11-24(12-10-23)16-5-4-6-17-19(16)27-14-13-26-17/h2-8,15H,9-14H2,1H3,(H,21,22,25). The zero-order valence-corrected chi connectivity index (χ0v) is 15.4. The maximum absolute atomic E-state index is 12.5. The number of amides is 1. The Balaban J connectivity index is 1.37. The first kappa shape index (κ1) is 17.6. The number of rotatable bonds is 4. The number of carbonyl (C=O) groups is 1. The summed E-state index contributed by atoms with van der Waals surface area (Å²) in [5, 5.41) is 2.88. The van der Waals surface area contributed by atoms with Crippen molar-refractivity contribution in [3.63, 3.8) is 0 Å². The van der Waals surface area contributed by atoms with Gasteiger partial charge in [0, 0.05) is 32.4 Å². The highest BCUT2D eigenvalue weighted by atomic mass is 16.6. The quantitative estimate of drug-likeness (QED) is 0.890. The van der Waals surface area contributed by atoms with E-state index in [-0.39, 0.29) is 11.9 Å². The molecule has 0 aliphatic carbocycles. The number of nitrogens with one attached hydrogen (secondary N) is 1. The largest absolute Gasteiger partial charge is 0.486 e. The molecule has 1 saturated heterocycles. The molecule has 27 heavy (non-hydrogen) atoms. The van der Waals surface area contributed by atoms with Crippen LogP contribution in [0, 0.1) is 0 Å². The molecule has 1 aromatic heterocycles. The lowest BCUT2D eigenvalue weighted by Crippen LogP contribution is -2.53. The number of hydrogen-bond donors (Lipinski definition) is 1. The zero-order chi connectivity index (χ0) is 18.6. The number of aromatic nitrogens is 1. The Bertz CT molecular complexity index is 791. The molecule has 0 spiro atoms. The molecule has 1 N–H and O–H groups in total. The van der Waals surface area contributed by atoms with E-state index >= 15 is 0 Å². The third-order valence-electron chi connectivity index (χ3n) is 5.04. The number of piperazine rings is 1. The normalized spacial score (nSPS) is 18.0. The number of pyridine rings is 1. The first-order valence-electron chi connectivity index (χ1n) is 9.32. The summed E-state index contributed by atoms with van der Waals surface area (Å²) in [6, 6.07) is 11.3. The molecule has 142 valence electrons. The van der Waals surface area contributed by atoms with E-state index in [0.717, 1.165) is 43.4 Å². The van der Waals surface area contributed by atoms with E-state index in [1.165, 1.54) is 0 Å². The van der Waals surface area contributed by atoms with Gasteiger partial charge in [-0.15, -0.1) is 0 Å². The molecule has 0 radical (unpaired) electrons. The molecule has 4 rings (SSSR count). The van der Waals surface area contributed by atoms with Crippen molar-refractivity contribution in [1.82, 2.24) is 9.88 Å². The minimum absolute atomic E-state index is 0.0315. The number of hydrogen-bond acceptors (Lipinski definition) is 6. The minimum Gasteiger partial charge on any atom is -0.486 e. The summed E-state index contributed by atoms with van der Waals surface area (Å²) in [4.78, 5) is 21.2. The van der Waals surface area contributed by atoms with Crippen molar-refractivity contribution in [2.24, 2.45) is 0 Å². The zero-order valence-electron chi connectivity index (χ0n) is 15.4. The number of fused-ring (bicyclic) bond motifs is 1. The Kier molecular flexibility index (Phi) is 5.11. The van der Waals surface area contributed by atoms with Gasteiger partial charge in [-0.05, 0) is 31.2 Å². The number of anilines is 2. The minimum atomic E-state index is -0.210. The average Bonchev–Trinajstić information content (AvgIpc) is 2.73. The van der Waals surface area contributed by atoms with Gasteiger partial charge in [-0.25, -0.2) is 4.98 Å². The van der Waals surface area contributed by atoms with Gasteiger partial charge in [0.2, 0.25) is 5.91 Å². The fourth-order valence-corrected chi connectivity index (χ4v) is 3.49. The molecular weight excluding hydrogens is 344 g/mol. The smallest absolute Gasteiger partial charge is 0.242 e. The van der Waals surface area contributed by atoms with Gasteiger partial charge in [0.1, 0.15) is 19.0 Å². The first-order chi connectivity index (χ1) is 13.2. The summed E-state index contributed by atoms with van der Waals surface area (Å²) < 4.78 is 11.5. The lowest BCUT2D eigenvalue weighted by Gasteiger charge is -2.39. The molecule has 0 saturated carbocycles. The van der Waals surface area contributed by atoms with E-state index in [2.05, 4.69) is 26.2 Å². The highest BCUT2D eigenvalue weighted by molar-refractivity contribution is 5.93. The molecule has 2 aromatic rings. The van der Waals surface area contributed by atoms with Crippen molar-refractivity contribution < 1.29 is 14.3 Å². The van der Waals surface area contributed by atoms with Crippen LogP contribution >= 0.6 is 0 Å². The number of nitrogens with zero attached hydrogens (tertiary/aromatic N) is 3. The van der Waals surface area contributed by atoms with Crippen LogP contribution in [0.2, 0.25) is 0 Å². The van der Waals surface area contributed by atoms with Crippen LogP contribution < -0.4 is 19.7 Å². The molecule has 1 aromatic carbocycles. The second kappa shape index (κ2) is 7.84. The Morgan fingerprint density at radius 1 is 1.07 bits per heavy atom. The molecule has 1 fully saturated rings. The molecule has 2 aliphatic rings. The highest BCUT2D eigenvalue weighted by Crippen LogP contribution is 2.39. The van der Waals surface area contributed by atoms with Crippen LogP contribution in [0.25, 0.3) is 0 Å². The topological polar surface area (TPSA) is 66.9 Å². The van der Waals surface area contributed by atoms with Gasteiger partial charge in [-0.3, -0.25) is 9.69 Å². The predicted octanol–water partition coefficient (Wildman–Crippen LogP) is 2.00. The van der Waals surface area contributed by atoms with Crippen LogP contribution in [0.1, 0.15) is 6.92 Å². The van der Waals surface area contributed by atoms with Crippen molar-refractivity contribution in [3.8, 4) is 11.5 Å². The van der Waals surface area contributed by atoms with Gasteiger partial charge in [-0.2, -0.15) is 0 Å². The van der Waals surface area contributed by atoms with E-state index < -0.39 is 0 Å². The van der Waals surface area contributed by atoms with Gasteiger partial charge in [-0.1, -0.05) is 12.1 Å². The molecule has 1 atom stereocenters. The molecule has 0 bridgehead atoms. The average molecular weight is 368 g/mol. The van der Waals surface area contributed by atoms with E-state index in [1.54, 1.807) is 12.3 Å². The van der Waals surface area contributed by atoms with Crippen LogP contribution in [-0.2, 0) is 4.79 Å².